The molecule has 3 aliphatic carbocycles. The van der Waals surface area contributed by atoms with Crippen LogP contribution in [-0.2, 0) is 0 Å². The largest absolute Gasteiger partial charge is 0.0528 e. The van der Waals surface area contributed by atoms with Crippen LogP contribution in [0.15, 0.2) is 0 Å². The minimum absolute atomic E-state index is 1.20. The first-order chi connectivity index (χ1) is 4.97. The van der Waals surface area contributed by atoms with Crippen LogP contribution < -0.4 is 0 Å². The molecule has 0 aliphatic heterocycles. The SMILES string of the molecule is C1CC(C2C3CCC[C@H]32)C1. The zero-order valence-electron chi connectivity index (χ0n) is 6.55. The molecule has 0 saturated heterocycles. The molecule has 0 spiro atoms. The first kappa shape index (κ1) is 5.62. The molecule has 3 saturated carbocycles. The molecule has 0 N–H and O–H groups in total. The van der Waals surface area contributed by atoms with Crippen LogP contribution in [0.2, 0.25) is 0 Å². The molecule has 0 amide bonds. The molecule has 0 aromatic rings. The lowest BCUT2D eigenvalue weighted by Gasteiger charge is -2.26. The third-order valence-corrected chi connectivity index (χ3v) is 4.17. The Morgan fingerprint density at radius 3 is 1.80 bits per heavy atom. The summed E-state index contributed by atoms with van der Waals surface area (Å²) in [4.78, 5) is 0. The van der Waals surface area contributed by atoms with E-state index < -0.39 is 0 Å². The summed E-state index contributed by atoms with van der Waals surface area (Å²) in [5, 5.41) is 0. The fraction of sp³-hybridized carbons (Fsp3) is 1.00. The van der Waals surface area contributed by atoms with E-state index in [9.17, 15) is 0 Å². The van der Waals surface area contributed by atoms with Crippen LogP contribution in [0, 0.1) is 23.7 Å². The average molecular weight is 136 g/mol. The van der Waals surface area contributed by atoms with Crippen molar-refractivity contribution in [3.63, 3.8) is 0 Å². The van der Waals surface area contributed by atoms with Crippen LogP contribution in [0.3, 0.4) is 0 Å². The average Bonchev–Trinajstić information content (AvgIpc) is 2.38. The highest BCUT2D eigenvalue weighted by Gasteiger charge is 2.56. The van der Waals surface area contributed by atoms with Crippen LogP contribution in [0.5, 0.6) is 0 Å². The number of rotatable bonds is 1. The molecule has 0 aromatic heterocycles. The van der Waals surface area contributed by atoms with Crippen LogP contribution in [0.4, 0.5) is 0 Å². The first-order valence-electron chi connectivity index (χ1n) is 4.97. The van der Waals surface area contributed by atoms with E-state index in [-0.39, 0.29) is 0 Å². The highest BCUT2D eigenvalue weighted by Crippen LogP contribution is 2.63. The van der Waals surface area contributed by atoms with Crippen LogP contribution in [0.1, 0.15) is 38.5 Å². The summed E-state index contributed by atoms with van der Waals surface area (Å²) in [5.74, 6) is 4.90. The summed E-state index contributed by atoms with van der Waals surface area (Å²) in [6.45, 7) is 0. The molecule has 3 fully saturated rings. The lowest BCUT2D eigenvalue weighted by atomic mass is 9.79. The molecule has 10 heavy (non-hydrogen) atoms. The third kappa shape index (κ3) is 0.580. The Morgan fingerprint density at radius 1 is 0.700 bits per heavy atom. The number of hydrogen-bond donors (Lipinski definition) is 0. The van der Waals surface area contributed by atoms with Crippen molar-refractivity contribution in [2.45, 2.75) is 38.5 Å². The molecule has 0 heterocycles. The molecule has 0 bridgehead atoms. The van der Waals surface area contributed by atoms with Crippen molar-refractivity contribution in [3.05, 3.63) is 0 Å². The molecular formula is C10H16. The lowest BCUT2D eigenvalue weighted by molar-refractivity contribution is 0.247. The van der Waals surface area contributed by atoms with E-state index in [0.717, 1.165) is 0 Å². The smallest absolute Gasteiger partial charge is 0.0324 e. The predicted molar refractivity (Wildman–Crippen MR) is 41.7 cm³/mol. The van der Waals surface area contributed by atoms with Gasteiger partial charge in [-0.2, -0.15) is 0 Å². The monoisotopic (exact) mass is 136 g/mol. The van der Waals surface area contributed by atoms with E-state index in [2.05, 4.69) is 0 Å². The molecule has 2 unspecified atom stereocenters. The van der Waals surface area contributed by atoms with Gasteiger partial charge in [-0.1, -0.05) is 25.7 Å². The highest BCUT2D eigenvalue weighted by molar-refractivity contribution is 5.05. The second-order valence-electron chi connectivity index (χ2n) is 4.53. The minimum Gasteiger partial charge on any atom is -0.0528 e. The highest BCUT2D eigenvalue weighted by atomic mass is 14.6. The van der Waals surface area contributed by atoms with Gasteiger partial charge in [0, 0.05) is 0 Å². The van der Waals surface area contributed by atoms with E-state index in [1.807, 2.05) is 0 Å². The van der Waals surface area contributed by atoms with E-state index in [0.29, 0.717) is 0 Å². The third-order valence-electron chi connectivity index (χ3n) is 4.17. The predicted octanol–water partition coefficient (Wildman–Crippen LogP) is 2.83. The van der Waals surface area contributed by atoms with E-state index in [4.69, 9.17) is 0 Å². The van der Waals surface area contributed by atoms with Crippen molar-refractivity contribution < 1.29 is 0 Å². The second kappa shape index (κ2) is 1.78. The van der Waals surface area contributed by atoms with Gasteiger partial charge >= 0.3 is 0 Å². The molecule has 56 valence electrons. The molecule has 3 rings (SSSR count). The lowest BCUT2D eigenvalue weighted by Crippen LogP contribution is -2.15. The molecule has 0 heteroatoms. The summed E-state index contributed by atoms with van der Waals surface area (Å²) in [5.41, 5.74) is 0. The zero-order valence-corrected chi connectivity index (χ0v) is 6.55. The van der Waals surface area contributed by atoms with Crippen LogP contribution in [-0.4, -0.2) is 0 Å². The van der Waals surface area contributed by atoms with Crippen LogP contribution in [0.25, 0.3) is 0 Å². The van der Waals surface area contributed by atoms with Gasteiger partial charge in [0.25, 0.3) is 0 Å². The topological polar surface area (TPSA) is 0 Å². The van der Waals surface area contributed by atoms with Crippen molar-refractivity contribution in [2.75, 3.05) is 0 Å². The standard InChI is InChI=1S/C10H16/c1-3-7(4-1)10-8-5-2-6-9(8)10/h7-10H,1-6H2/t8-,9?,10?/m1/s1. The van der Waals surface area contributed by atoms with Gasteiger partial charge in [-0.05, 0) is 36.5 Å². The van der Waals surface area contributed by atoms with Gasteiger partial charge in [0.1, 0.15) is 0 Å². The van der Waals surface area contributed by atoms with Gasteiger partial charge < -0.3 is 0 Å². The molecular weight excluding hydrogens is 120 g/mol. The van der Waals surface area contributed by atoms with E-state index in [1.165, 1.54) is 23.7 Å². The Bertz CT molecular complexity index is 133. The summed E-state index contributed by atoms with van der Waals surface area (Å²) in [6.07, 6.45) is 9.44. The Kier molecular flexibility index (Phi) is 1.00. The number of hydrogen-bond acceptors (Lipinski definition) is 0. The van der Waals surface area contributed by atoms with Crippen molar-refractivity contribution in [1.29, 1.82) is 0 Å². The summed E-state index contributed by atoms with van der Waals surface area (Å²) in [6, 6.07) is 0. The molecule has 0 aromatic carbocycles. The summed E-state index contributed by atoms with van der Waals surface area (Å²) in [7, 11) is 0. The Hall–Kier alpha value is 0. The van der Waals surface area contributed by atoms with Crippen molar-refractivity contribution in [2.24, 2.45) is 23.7 Å². The normalized spacial score (nSPS) is 52.2. The number of fused-ring (bicyclic) bond motifs is 1. The van der Waals surface area contributed by atoms with Gasteiger partial charge in [-0.15, -0.1) is 0 Å². The molecule has 0 nitrogen and oxygen atoms in total. The zero-order chi connectivity index (χ0) is 6.55. The Balaban J connectivity index is 1.66. The Morgan fingerprint density at radius 2 is 1.30 bits per heavy atom. The van der Waals surface area contributed by atoms with E-state index in [1.54, 1.807) is 38.5 Å². The fourth-order valence-corrected chi connectivity index (χ4v) is 3.40. The quantitative estimate of drug-likeness (QED) is 0.520. The summed E-state index contributed by atoms with van der Waals surface area (Å²) >= 11 is 0. The van der Waals surface area contributed by atoms with Gasteiger partial charge in [0.2, 0.25) is 0 Å². The van der Waals surface area contributed by atoms with Crippen molar-refractivity contribution in [1.82, 2.24) is 0 Å². The molecule has 0 radical (unpaired) electrons. The van der Waals surface area contributed by atoms with Crippen molar-refractivity contribution >= 4 is 0 Å². The van der Waals surface area contributed by atoms with Crippen molar-refractivity contribution in [3.8, 4) is 0 Å². The van der Waals surface area contributed by atoms with E-state index >= 15 is 0 Å². The maximum absolute atomic E-state index is 1.59. The summed E-state index contributed by atoms with van der Waals surface area (Å²) < 4.78 is 0. The van der Waals surface area contributed by atoms with Gasteiger partial charge in [0.15, 0.2) is 0 Å². The van der Waals surface area contributed by atoms with Gasteiger partial charge in [-0.3, -0.25) is 0 Å². The first-order valence-corrected chi connectivity index (χ1v) is 4.97. The Labute approximate surface area is 63.0 Å². The van der Waals surface area contributed by atoms with Crippen LogP contribution >= 0.6 is 0 Å². The minimum atomic E-state index is 1.20. The second-order valence-corrected chi connectivity index (χ2v) is 4.53. The fourth-order valence-electron chi connectivity index (χ4n) is 3.40. The van der Waals surface area contributed by atoms with Gasteiger partial charge in [0.05, 0.1) is 0 Å². The van der Waals surface area contributed by atoms with Gasteiger partial charge in [-0.25, -0.2) is 0 Å². The maximum Gasteiger partial charge on any atom is -0.0324 e. The molecule has 3 aliphatic rings. The maximum atomic E-state index is 1.59. The molecule has 3 atom stereocenters.